The second kappa shape index (κ2) is 16.8. The molecule has 0 fully saturated rings. The first kappa shape index (κ1) is 46.9. The molecular weight excluding hydrogens is 964 g/mol. The highest BCUT2D eigenvalue weighted by atomic mass is 32.1. The summed E-state index contributed by atoms with van der Waals surface area (Å²) in [5.74, 6) is 1.74. The van der Waals surface area contributed by atoms with Crippen molar-refractivity contribution in [1.82, 2.24) is 0 Å². The van der Waals surface area contributed by atoms with Crippen molar-refractivity contribution in [3.63, 3.8) is 0 Å². The van der Waals surface area contributed by atoms with Gasteiger partial charge in [-0.1, -0.05) is 213 Å². The molecule has 0 unspecified atom stereocenters. The molecule has 0 spiro atoms. The van der Waals surface area contributed by atoms with E-state index < -0.39 is 0 Å². The Bertz CT molecular complexity index is 4420. The average molecular weight is 1020 g/mol. The van der Waals surface area contributed by atoms with E-state index in [2.05, 4.69) is 277 Å². The molecule has 0 radical (unpaired) electrons. The van der Waals surface area contributed by atoms with Crippen molar-refractivity contribution in [2.24, 2.45) is 0 Å². The second-order valence-corrected chi connectivity index (χ2v) is 25.5. The van der Waals surface area contributed by atoms with E-state index in [1.807, 2.05) is 11.3 Å². The van der Waals surface area contributed by atoms with Gasteiger partial charge in [-0.2, -0.15) is 0 Å². The van der Waals surface area contributed by atoms with Gasteiger partial charge in [0.25, 0.3) is 0 Å². The van der Waals surface area contributed by atoms with Crippen LogP contribution < -0.4 is 20.6 Å². The van der Waals surface area contributed by atoms with Crippen molar-refractivity contribution in [3.05, 3.63) is 235 Å². The van der Waals surface area contributed by atoms with Crippen LogP contribution in [0, 0.1) is 0 Å². The monoisotopic (exact) mass is 1020 g/mol. The van der Waals surface area contributed by atoms with Crippen LogP contribution in [-0.4, -0.2) is 6.85 Å². The van der Waals surface area contributed by atoms with Gasteiger partial charge in [-0.05, 0) is 121 Å². The average Bonchev–Trinajstić information content (AvgIpc) is 4.13. The lowest BCUT2D eigenvalue weighted by atomic mass is 9.42. The fraction of sp³-hybridized carbons (Fsp3) is 0.151. The maximum atomic E-state index is 7.32. The van der Waals surface area contributed by atoms with E-state index in [4.69, 9.17) is 4.42 Å². The van der Waals surface area contributed by atoms with Gasteiger partial charge < -0.3 is 14.1 Å². The summed E-state index contributed by atoms with van der Waals surface area (Å²) in [6, 6.07) is 80.1. The number of hydrogen-bond donors (Lipinski definition) is 0. The van der Waals surface area contributed by atoms with Gasteiger partial charge >= 0.3 is 6.85 Å². The molecule has 4 heterocycles. The molecule has 1 aliphatic carbocycles. The number of hydrogen-bond acceptors (Lipinski definition) is 4. The van der Waals surface area contributed by atoms with E-state index in [1.165, 1.54) is 98.1 Å². The molecule has 0 bridgehead atoms. The minimum Gasteiger partial charge on any atom is -0.455 e. The van der Waals surface area contributed by atoms with E-state index in [1.54, 1.807) is 0 Å². The van der Waals surface area contributed by atoms with Crippen molar-refractivity contribution in [2.75, 3.05) is 9.71 Å². The minimum absolute atomic E-state index is 0.0172. The molecule has 0 amide bonds. The van der Waals surface area contributed by atoms with Gasteiger partial charge in [0.15, 0.2) is 0 Å². The molecule has 78 heavy (non-hydrogen) atoms. The van der Waals surface area contributed by atoms with Crippen molar-refractivity contribution in [2.45, 2.75) is 71.6 Å². The van der Waals surface area contributed by atoms with Gasteiger partial charge in [0.1, 0.15) is 11.5 Å². The maximum absolute atomic E-state index is 7.32. The number of rotatable bonds is 5. The van der Waals surface area contributed by atoms with Crippen LogP contribution in [-0.2, 0) is 16.2 Å². The van der Waals surface area contributed by atoms with E-state index in [0.717, 1.165) is 50.5 Å². The smallest absolute Gasteiger partial charge is 0.333 e. The zero-order valence-electron chi connectivity index (χ0n) is 45.5. The van der Waals surface area contributed by atoms with E-state index >= 15 is 0 Å². The standard InChI is InChI=1S/C73H59BN2OS/c1-71(2,3)47-32-35-49(36-33-47)76-61-43-65-53(51-29-19-21-31-64(51)78-65)39-57(61)66-67-54(50-28-18-20-30-58(50)73(67,7)8)41-63-68(66)74(76)59-40-55-56(70(46-26-16-11-17-27-46)77-69(55)45-24-14-10-15-25-45)42-62(59)75(63)60-37-34-48(72(4,5)6)38-52(60)44-22-12-9-13-23-44/h9-43H,1-8H3. The predicted molar refractivity (Wildman–Crippen MR) is 334 cm³/mol. The lowest BCUT2D eigenvalue weighted by molar-refractivity contribution is 0.590. The molecule has 2 aromatic heterocycles. The first-order valence-corrected chi connectivity index (χ1v) is 28.4. The van der Waals surface area contributed by atoms with Crippen LogP contribution in [0.3, 0.4) is 0 Å². The Hall–Kier alpha value is -8.38. The SMILES string of the molecule is CC(C)(C)c1ccc(N2B3c4cc5c(-c6ccccc6)oc(-c6ccccc6)c5cc4N(c4ccc(C(C)(C)C)cc4-c4ccccc4)c4cc5c(c(c43)-c3cc4c(cc32)sc2ccccc24)C(C)(C)c2ccccc2-5)cc1. The molecule has 0 saturated carbocycles. The summed E-state index contributed by atoms with van der Waals surface area (Å²) in [5.41, 5.74) is 23.0. The van der Waals surface area contributed by atoms with Crippen molar-refractivity contribution >= 4 is 88.5 Å². The van der Waals surface area contributed by atoms with Crippen LogP contribution in [0.1, 0.15) is 77.6 Å². The summed E-state index contributed by atoms with van der Waals surface area (Å²) in [6.07, 6.45) is 0. The predicted octanol–water partition coefficient (Wildman–Crippen LogP) is 19.4. The number of benzene rings is 10. The highest BCUT2D eigenvalue weighted by molar-refractivity contribution is 7.25. The number of thiophene rings is 1. The first-order chi connectivity index (χ1) is 37.7. The Balaban J connectivity index is 1.15. The lowest BCUT2D eigenvalue weighted by Crippen LogP contribution is -2.62. The third-order valence-electron chi connectivity index (χ3n) is 17.3. The Morgan fingerprint density at radius 2 is 1.04 bits per heavy atom. The van der Waals surface area contributed by atoms with E-state index in [0.29, 0.717) is 0 Å². The molecule has 3 aliphatic rings. The molecule has 2 aliphatic heterocycles. The molecule has 3 nitrogen and oxygen atoms in total. The fourth-order valence-electron chi connectivity index (χ4n) is 13.5. The Morgan fingerprint density at radius 3 is 1.72 bits per heavy atom. The van der Waals surface area contributed by atoms with Crippen LogP contribution in [0.5, 0.6) is 0 Å². The summed E-state index contributed by atoms with van der Waals surface area (Å²) in [4.78, 5) is 5.36. The summed E-state index contributed by atoms with van der Waals surface area (Å²) in [6.45, 7) is 18.6. The summed E-state index contributed by atoms with van der Waals surface area (Å²) >= 11 is 1.90. The summed E-state index contributed by atoms with van der Waals surface area (Å²) < 4.78 is 9.91. The molecule has 376 valence electrons. The maximum Gasteiger partial charge on any atom is 0.333 e. The van der Waals surface area contributed by atoms with Crippen molar-refractivity contribution < 1.29 is 4.42 Å². The highest BCUT2D eigenvalue weighted by Gasteiger charge is 2.50. The lowest BCUT2D eigenvalue weighted by Gasteiger charge is -2.47. The molecule has 12 aromatic rings. The Labute approximate surface area is 462 Å². The largest absolute Gasteiger partial charge is 0.455 e. The quantitative estimate of drug-likeness (QED) is 0.160. The van der Waals surface area contributed by atoms with Gasteiger partial charge in [-0.15, -0.1) is 11.3 Å². The van der Waals surface area contributed by atoms with Gasteiger partial charge in [-0.3, -0.25) is 0 Å². The summed E-state index contributed by atoms with van der Waals surface area (Å²) in [7, 11) is 0. The molecular formula is C73H59BN2OS. The van der Waals surface area contributed by atoms with Crippen LogP contribution in [0.15, 0.2) is 217 Å². The first-order valence-electron chi connectivity index (χ1n) is 27.6. The fourth-order valence-corrected chi connectivity index (χ4v) is 14.6. The second-order valence-electron chi connectivity index (χ2n) is 24.4. The number of furan rings is 1. The van der Waals surface area contributed by atoms with Gasteiger partial charge in [0.2, 0.25) is 0 Å². The number of nitrogens with zero attached hydrogens (tertiary/aromatic N) is 2. The third kappa shape index (κ3) is 6.90. The van der Waals surface area contributed by atoms with Crippen LogP contribution >= 0.6 is 11.3 Å². The molecule has 0 N–H and O–H groups in total. The van der Waals surface area contributed by atoms with Crippen LogP contribution in [0.2, 0.25) is 0 Å². The van der Waals surface area contributed by atoms with Gasteiger partial charge in [-0.25, -0.2) is 0 Å². The molecule has 0 saturated heterocycles. The number of fused-ring (bicyclic) bond motifs is 12. The molecule has 5 heteroatoms. The topological polar surface area (TPSA) is 19.6 Å². The summed E-state index contributed by atoms with van der Waals surface area (Å²) in [5, 5.41) is 4.78. The van der Waals surface area contributed by atoms with E-state index in [-0.39, 0.29) is 23.1 Å². The molecule has 10 aromatic carbocycles. The zero-order chi connectivity index (χ0) is 53.0. The zero-order valence-corrected chi connectivity index (χ0v) is 46.3. The highest BCUT2D eigenvalue weighted by Crippen LogP contribution is 2.59. The molecule has 15 rings (SSSR count). The van der Waals surface area contributed by atoms with Crippen molar-refractivity contribution in [3.8, 4) is 56.0 Å². The number of anilines is 5. The van der Waals surface area contributed by atoms with Crippen molar-refractivity contribution in [1.29, 1.82) is 0 Å². The normalized spacial score (nSPS) is 14.2. The van der Waals surface area contributed by atoms with E-state index in [9.17, 15) is 0 Å². The van der Waals surface area contributed by atoms with Crippen LogP contribution in [0.4, 0.5) is 28.4 Å². The van der Waals surface area contributed by atoms with Gasteiger partial charge in [0.05, 0.1) is 5.69 Å². The van der Waals surface area contributed by atoms with Crippen LogP contribution in [0.25, 0.3) is 87.0 Å². The Kier molecular flexibility index (Phi) is 10.1. The molecule has 0 atom stereocenters. The van der Waals surface area contributed by atoms with Gasteiger partial charge in [0, 0.05) is 81.4 Å². The Morgan fingerprint density at radius 1 is 0.436 bits per heavy atom. The minimum atomic E-state index is -0.311. The third-order valence-corrected chi connectivity index (χ3v) is 18.5.